The van der Waals surface area contributed by atoms with Crippen molar-refractivity contribution < 1.29 is 34.0 Å². The number of hydrogen-bond acceptors (Lipinski definition) is 10. The molecule has 0 spiro atoms. The molecule has 182 valence electrons. The molecule has 0 saturated heterocycles. The molecular formula is C21H25N5O8. The molecule has 2 amide bonds. The summed E-state index contributed by atoms with van der Waals surface area (Å²) < 4.78 is 5.20. The van der Waals surface area contributed by atoms with Crippen LogP contribution in [0.1, 0.15) is 51.3 Å². The van der Waals surface area contributed by atoms with E-state index in [0.29, 0.717) is 12.0 Å². The second-order valence-electron chi connectivity index (χ2n) is 7.08. The van der Waals surface area contributed by atoms with Crippen LogP contribution in [0.4, 0.5) is 10.5 Å². The first kappa shape index (κ1) is 26.0. The largest absolute Gasteiger partial charge is 0.507 e. The topological polar surface area (TPSA) is 209 Å². The van der Waals surface area contributed by atoms with Crippen molar-refractivity contribution in [2.24, 2.45) is 11.6 Å². The first-order valence-electron chi connectivity index (χ1n) is 10.1. The first-order chi connectivity index (χ1) is 16.2. The van der Waals surface area contributed by atoms with E-state index < -0.39 is 34.7 Å². The van der Waals surface area contributed by atoms with Gasteiger partial charge in [0.25, 0.3) is 11.6 Å². The van der Waals surface area contributed by atoms with E-state index in [0.717, 1.165) is 6.07 Å². The van der Waals surface area contributed by atoms with Crippen molar-refractivity contribution in [3.8, 4) is 5.75 Å². The number of amides is 2. The Morgan fingerprint density at radius 2 is 1.85 bits per heavy atom. The van der Waals surface area contributed by atoms with Crippen LogP contribution in [0.15, 0.2) is 36.4 Å². The molecule has 2 aromatic rings. The summed E-state index contributed by atoms with van der Waals surface area (Å²) in [5, 5.41) is 26.2. The summed E-state index contributed by atoms with van der Waals surface area (Å²) >= 11 is 0. The lowest BCUT2D eigenvalue weighted by Gasteiger charge is -2.15. The Labute approximate surface area is 194 Å². The molecule has 1 atom stereocenters. The standard InChI is InChI=1S/C21H25N5O8/c1-12(15-5-3-13(11-22)9-17(15)26(31)32)33-21(30)25-8-2-7-24-19(28)14-4-6-16(18(27)10-14)20(29)34-23/h3-6,9-10,12,27H,2,7-8,11,22-23H2,1H3,(H,24,28)(H,25,30). The van der Waals surface area contributed by atoms with E-state index in [2.05, 4.69) is 15.5 Å². The van der Waals surface area contributed by atoms with Crippen molar-refractivity contribution in [2.45, 2.75) is 26.0 Å². The summed E-state index contributed by atoms with van der Waals surface area (Å²) in [6.45, 7) is 2.00. The van der Waals surface area contributed by atoms with Crippen LogP contribution in [0.25, 0.3) is 0 Å². The van der Waals surface area contributed by atoms with E-state index in [1.165, 1.54) is 31.2 Å². The maximum atomic E-state index is 12.1. The van der Waals surface area contributed by atoms with E-state index in [1.54, 1.807) is 6.07 Å². The van der Waals surface area contributed by atoms with Crippen LogP contribution in [0, 0.1) is 10.1 Å². The third-order valence-electron chi connectivity index (χ3n) is 4.74. The van der Waals surface area contributed by atoms with Gasteiger partial charge in [-0.3, -0.25) is 14.9 Å². The third kappa shape index (κ3) is 6.88. The Morgan fingerprint density at radius 1 is 1.15 bits per heavy atom. The average Bonchev–Trinajstić information content (AvgIpc) is 2.82. The smallest absolute Gasteiger partial charge is 0.407 e. The average molecular weight is 475 g/mol. The van der Waals surface area contributed by atoms with Gasteiger partial charge >= 0.3 is 12.1 Å². The third-order valence-corrected chi connectivity index (χ3v) is 4.74. The summed E-state index contributed by atoms with van der Waals surface area (Å²) in [7, 11) is 0. The minimum Gasteiger partial charge on any atom is -0.507 e. The van der Waals surface area contributed by atoms with Gasteiger partial charge in [-0.1, -0.05) is 6.07 Å². The highest BCUT2D eigenvalue weighted by molar-refractivity contribution is 5.98. The number of nitro groups is 1. The normalized spacial score (nSPS) is 11.3. The van der Waals surface area contributed by atoms with Crippen LogP contribution in [0.2, 0.25) is 0 Å². The highest BCUT2D eigenvalue weighted by Crippen LogP contribution is 2.28. The van der Waals surface area contributed by atoms with Gasteiger partial charge in [0.2, 0.25) is 0 Å². The van der Waals surface area contributed by atoms with Crippen molar-refractivity contribution in [1.29, 1.82) is 0 Å². The highest BCUT2D eigenvalue weighted by atomic mass is 16.7. The number of nitro benzene ring substituents is 1. The number of nitrogens with two attached hydrogens (primary N) is 2. The van der Waals surface area contributed by atoms with E-state index >= 15 is 0 Å². The molecule has 0 saturated carbocycles. The van der Waals surface area contributed by atoms with Gasteiger partial charge in [-0.25, -0.2) is 9.59 Å². The molecule has 2 aromatic carbocycles. The van der Waals surface area contributed by atoms with Gasteiger partial charge < -0.3 is 31.0 Å². The zero-order valence-corrected chi connectivity index (χ0v) is 18.3. The maximum absolute atomic E-state index is 12.1. The number of alkyl carbamates (subject to hydrolysis) is 1. The molecule has 0 aliphatic carbocycles. The Hall–Kier alpha value is -4.23. The molecule has 0 aromatic heterocycles. The number of carbonyl (C=O) groups excluding carboxylic acids is 3. The number of aromatic hydroxyl groups is 1. The molecule has 0 aliphatic heterocycles. The molecule has 13 heteroatoms. The van der Waals surface area contributed by atoms with Crippen molar-refractivity contribution in [3.63, 3.8) is 0 Å². The van der Waals surface area contributed by atoms with Crippen LogP contribution in [0.5, 0.6) is 5.75 Å². The van der Waals surface area contributed by atoms with Gasteiger partial charge in [-0.15, -0.1) is 0 Å². The zero-order chi connectivity index (χ0) is 25.3. The molecule has 2 rings (SSSR count). The van der Waals surface area contributed by atoms with Crippen molar-refractivity contribution in [2.75, 3.05) is 13.1 Å². The number of rotatable bonds is 10. The predicted molar refractivity (Wildman–Crippen MR) is 119 cm³/mol. The number of nitrogens with one attached hydrogen (secondary N) is 2. The van der Waals surface area contributed by atoms with E-state index in [9.17, 15) is 29.6 Å². The van der Waals surface area contributed by atoms with E-state index in [1.807, 2.05) is 0 Å². The fourth-order valence-electron chi connectivity index (χ4n) is 2.98. The lowest BCUT2D eigenvalue weighted by atomic mass is 10.1. The van der Waals surface area contributed by atoms with Gasteiger partial charge in [0.15, 0.2) is 0 Å². The number of nitrogens with zero attached hydrogens (tertiary/aromatic N) is 1. The number of carbonyl (C=O) groups is 3. The first-order valence-corrected chi connectivity index (χ1v) is 10.1. The molecule has 34 heavy (non-hydrogen) atoms. The van der Waals surface area contributed by atoms with E-state index in [4.69, 9.17) is 16.4 Å². The summed E-state index contributed by atoms with van der Waals surface area (Å²) in [6, 6.07) is 8.07. The second-order valence-corrected chi connectivity index (χ2v) is 7.08. The van der Waals surface area contributed by atoms with Crippen LogP contribution in [-0.4, -0.2) is 41.1 Å². The minimum absolute atomic E-state index is 0.106. The quantitative estimate of drug-likeness (QED) is 0.189. The number of phenols is 1. The lowest BCUT2D eigenvalue weighted by Crippen LogP contribution is -2.30. The van der Waals surface area contributed by atoms with Crippen LogP contribution in [-0.2, 0) is 16.1 Å². The maximum Gasteiger partial charge on any atom is 0.407 e. The second kappa shape index (κ2) is 12.1. The van der Waals surface area contributed by atoms with Gasteiger partial charge in [0.1, 0.15) is 17.4 Å². The molecule has 0 fully saturated rings. The number of hydrogen-bond donors (Lipinski definition) is 5. The van der Waals surface area contributed by atoms with Crippen molar-refractivity contribution in [3.05, 3.63) is 68.8 Å². The van der Waals surface area contributed by atoms with E-state index in [-0.39, 0.29) is 42.0 Å². The fourth-order valence-corrected chi connectivity index (χ4v) is 2.98. The molecule has 13 nitrogen and oxygen atoms in total. The van der Waals surface area contributed by atoms with Crippen LogP contribution < -0.4 is 22.3 Å². The van der Waals surface area contributed by atoms with Crippen molar-refractivity contribution in [1.82, 2.24) is 10.6 Å². The Balaban J connectivity index is 1.79. The molecule has 1 unspecified atom stereocenters. The molecule has 0 heterocycles. The number of phenolic OH excluding ortho intramolecular Hbond substituents is 1. The van der Waals surface area contributed by atoms with Gasteiger partial charge in [0.05, 0.1) is 10.5 Å². The number of benzene rings is 2. The van der Waals surface area contributed by atoms with Crippen LogP contribution >= 0.6 is 0 Å². The Kier molecular flexibility index (Phi) is 9.28. The predicted octanol–water partition coefficient (Wildman–Crippen LogP) is 1.40. The SMILES string of the molecule is CC(OC(=O)NCCCNC(=O)c1ccc(C(=O)ON)c(O)c1)c1ccc(CN)cc1[N+](=O)[O-]. The number of ether oxygens (including phenoxy) is 1. The van der Waals surface area contributed by atoms with Gasteiger partial charge in [-0.05, 0) is 43.2 Å². The minimum atomic E-state index is -0.945. The molecule has 0 bridgehead atoms. The summed E-state index contributed by atoms with van der Waals surface area (Å²) in [6.07, 6.45) is -1.30. The summed E-state index contributed by atoms with van der Waals surface area (Å²) in [5.41, 5.74) is 6.06. The molecule has 0 radical (unpaired) electrons. The fraction of sp³-hybridized carbons (Fsp3) is 0.286. The summed E-state index contributed by atoms with van der Waals surface area (Å²) in [4.78, 5) is 50.3. The van der Waals surface area contributed by atoms with Crippen LogP contribution in [0.3, 0.4) is 0 Å². The molecular weight excluding hydrogens is 450 g/mol. The monoisotopic (exact) mass is 475 g/mol. The lowest BCUT2D eigenvalue weighted by molar-refractivity contribution is -0.386. The molecule has 7 N–H and O–H groups in total. The summed E-state index contributed by atoms with van der Waals surface area (Å²) in [5.74, 6) is 2.85. The van der Waals surface area contributed by atoms with Crippen molar-refractivity contribution >= 4 is 23.7 Å². The van der Waals surface area contributed by atoms with Gasteiger partial charge in [-0.2, -0.15) is 5.90 Å². The highest BCUT2D eigenvalue weighted by Gasteiger charge is 2.22. The Bertz CT molecular complexity index is 1080. The zero-order valence-electron chi connectivity index (χ0n) is 18.3. The molecule has 0 aliphatic rings. The van der Waals surface area contributed by atoms with Gasteiger partial charge in [0, 0.05) is 31.3 Å². The Morgan fingerprint density at radius 3 is 2.47 bits per heavy atom.